The van der Waals surface area contributed by atoms with Gasteiger partial charge in [-0.15, -0.1) is 0 Å². The van der Waals surface area contributed by atoms with Crippen LogP contribution in [0, 0.1) is 6.92 Å². The first-order chi connectivity index (χ1) is 18.5. The minimum atomic E-state index is -0.599. The minimum absolute atomic E-state index is 0.0944. The second-order valence-corrected chi connectivity index (χ2v) is 9.82. The van der Waals surface area contributed by atoms with Crippen molar-refractivity contribution in [3.8, 4) is 17.2 Å². The molecule has 1 unspecified atom stereocenters. The van der Waals surface area contributed by atoms with Gasteiger partial charge in [0, 0.05) is 6.54 Å². The van der Waals surface area contributed by atoms with Crippen molar-refractivity contribution < 1.29 is 23.4 Å². The SMILES string of the molecule is CCCCCOc1ccc(C2c3c(oc4ccc(C)cc4c3=O)C(=O)N2Cc2ccc3c(c2)OCO3)cc1. The Bertz CT molecular complexity index is 1570. The molecule has 1 atom stereocenters. The van der Waals surface area contributed by atoms with E-state index in [1.54, 1.807) is 11.0 Å². The molecule has 3 aromatic carbocycles. The molecule has 194 valence electrons. The molecule has 2 aliphatic heterocycles. The Morgan fingerprint density at radius 3 is 2.58 bits per heavy atom. The molecule has 0 bridgehead atoms. The number of hydrogen-bond donors (Lipinski definition) is 0. The van der Waals surface area contributed by atoms with Gasteiger partial charge in [0.15, 0.2) is 16.9 Å². The van der Waals surface area contributed by atoms with Crippen molar-refractivity contribution in [3.63, 3.8) is 0 Å². The summed E-state index contributed by atoms with van der Waals surface area (Å²) in [5.41, 5.74) is 3.23. The summed E-state index contributed by atoms with van der Waals surface area (Å²) >= 11 is 0. The summed E-state index contributed by atoms with van der Waals surface area (Å²) in [7, 11) is 0. The maximum absolute atomic E-state index is 13.8. The monoisotopic (exact) mass is 511 g/mol. The van der Waals surface area contributed by atoms with E-state index in [1.807, 2.05) is 61.5 Å². The Labute approximate surface area is 220 Å². The zero-order valence-electron chi connectivity index (χ0n) is 21.5. The van der Waals surface area contributed by atoms with Crippen LogP contribution in [0.2, 0.25) is 0 Å². The lowest BCUT2D eigenvalue weighted by molar-refractivity contribution is 0.0714. The van der Waals surface area contributed by atoms with E-state index in [0.717, 1.165) is 41.7 Å². The van der Waals surface area contributed by atoms with Crippen molar-refractivity contribution in [3.05, 3.63) is 98.9 Å². The third-order valence-corrected chi connectivity index (χ3v) is 7.12. The zero-order chi connectivity index (χ0) is 26.2. The maximum Gasteiger partial charge on any atom is 0.291 e. The molecule has 38 heavy (non-hydrogen) atoms. The normalized spacial score (nSPS) is 15.8. The average Bonchev–Trinajstić information content (AvgIpc) is 3.50. The highest BCUT2D eigenvalue weighted by atomic mass is 16.7. The molecule has 4 aromatic rings. The number of amides is 1. The van der Waals surface area contributed by atoms with Crippen molar-refractivity contribution in [2.45, 2.75) is 45.7 Å². The summed E-state index contributed by atoms with van der Waals surface area (Å²) in [6.07, 6.45) is 3.25. The molecule has 1 amide bonds. The second kappa shape index (κ2) is 9.89. The van der Waals surface area contributed by atoms with E-state index in [4.69, 9.17) is 18.6 Å². The summed E-state index contributed by atoms with van der Waals surface area (Å²) in [6.45, 7) is 5.19. The molecule has 3 heterocycles. The van der Waals surface area contributed by atoms with Crippen LogP contribution in [0.25, 0.3) is 11.0 Å². The van der Waals surface area contributed by atoms with Crippen molar-refractivity contribution in [1.82, 2.24) is 4.90 Å². The topological polar surface area (TPSA) is 78.2 Å². The van der Waals surface area contributed by atoms with E-state index in [-0.39, 0.29) is 30.4 Å². The van der Waals surface area contributed by atoms with Crippen LogP contribution in [0.4, 0.5) is 0 Å². The predicted molar refractivity (Wildman–Crippen MR) is 143 cm³/mol. The summed E-state index contributed by atoms with van der Waals surface area (Å²) in [4.78, 5) is 29.3. The first kappa shape index (κ1) is 24.1. The second-order valence-electron chi connectivity index (χ2n) is 9.82. The van der Waals surface area contributed by atoms with E-state index in [9.17, 15) is 9.59 Å². The lowest BCUT2D eigenvalue weighted by Crippen LogP contribution is -2.29. The lowest BCUT2D eigenvalue weighted by atomic mass is 9.97. The number of fused-ring (bicyclic) bond motifs is 3. The van der Waals surface area contributed by atoms with Gasteiger partial charge in [-0.3, -0.25) is 9.59 Å². The molecule has 0 radical (unpaired) electrons. The molecule has 7 nitrogen and oxygen atoms in total. The molecule has 0 spiro atoms. The van der Waals surface area contributed by atoms with Crippen molar-refractivity contribution in [2.24, 2.45) is 0 Å². The molecule has 2 aliphatic rings. The number of benzene rings is 3. The van der Waals surface area contributed by atoms with E-state index >= 15 is 0 Å². The van der Waals surface area contributed by atoms with Gasteiger partial charge in [-0.25, -0.2) is 0 Å². The molecule has 0 aliphatic carbocycles. The van der Waals surface area contributed by atoms with Crippen LogP contribution in [0.3, 0.4) is 0 Å². The van der Waals surface area contributed by atoms with E-state index in [2.05, 4.69) is 6.92 Å². The van der Waals surface area contributed by atoms with Gasteiger partial charge < -0.3 is 23.5 Å². The first-order valence-electron chi connectivity index (χ1n) is 13.0. The molecule has 1 aromatic heterocycles. The zero-order valence-corrected chi connectivity index (χ0v) is 21.5. The fourth-order valence-corrected chi connectivity index (χ4v) is 5.17. The lowest BCUT2D eigenvalue weighted by Gasteiger charge is -2.25. The average molecular weight is 512 g/mol. The van der Waals surface area contributed by atoms with Gasteiger partial charge >= 0.3 is 0 Å². The minimum Gasteiger partial charge on any atom is -0.494 e. The summed E-state index contributed by atoms with van der Waals surface area (Å²) < 4.78 is 23.0. The third kappa shape index (κ3) is 4.28. The highest BCUT2D eigenvalue weighted by molar-refractivity contribution is 5.99. The van der Waals surface area contributed by atoms with Crippen LogP contribution in [0.5, 0.6) is 17.2 Å². The van der Waals surface area contributed by atoms with Crippen LogP contribution in [-0.4, -0.2) is 24.2 Å². The van der Waals surface area contributed by atoms with E-state index < -0.39 is 6.04 Å². The highest BCUT2D eigenvalue weighted by Crippen LogP contribution is 2.41. The molecule has 0 N–H and O–H groups in total. The van der Waals surface area contributed by atoms with Gasteiger partial charge in [0.2, 0.25) is 12.6 Å². The van der Waals surface area contributed by atoms with E-state index in [1.165, 1.54) is 0 Å². The number of carbonyl (C=O) groups is 1. The molecular formula is C31H29NO6. The number of unbranched alkanes of at least 4 members (excludes halogenated alkanes) is 2. The largest absolute Gasteiger partial charge is 0.494 e. The van der Waals surface area contributed by atoms with Gasteiger partial charge in [-0.05, 0) is 60.9 Å². The van der Waals surface area contributed by atoms with Crippen LogP contribution in [-0.2, 0) is 6.54 Å². The molecule has 6 rings (SSSR count). The quantitative estimate of drug-likeness (QED) is 0.264. The predicted octanol–water partition coefficient (Wildman–Crippen LogP) is 6.14. The van der Waals surface area contributed by atoms with Crippen LogP contribution in [0.1, 0.15) is 65.0 Å². The van der Waals surface area contributed by atoms with Crippen LogP contribution < -0.4 is 19.6 Å². The smallest absolute Gasteiger partial charge is 0.291 e. The van der Waals surface area contributed by atoms with Crippen molar-refractivity contribution in [1.29, 1.82) is 0 Å². The van der Waals surface area contributed by atoms with Gasteiger partial charge in [0.1, 0.15) is 11.3 Å². The van der Waals surface area contributed by atoms with Crippen LogP contribution in [0.15, 0.2) is 69.9 Å². The molecular weight excluding hydrogens is 482 g/mol. The summed E-state index contributed by atoms with van der Waals surface area (Å²) in [6, 6.07) is 18.1. The van der Waals surface area contributed by atoms with E-state index in [0.29, 0.717) is 34.6 Å². The Morgan fingerprint density at radius 2 is 1.76 bits per heavy atom. The molecule has 7 heteroatoms. The third-order valence-electron chi connectivity index (χ3n) is 7.12. The summed E-state index contributed by atoms with van der Waals surface area (Å²) in [5.74, 6) is 1.86. The number of hydrogen-bond acceptors (Lipinski definition) is 6. The molecule has 0 saturated carbocycles. The standard InChI is InChI=1S/C31H29NO6/c1-3-4-5-14-35-22-10-8-21(9-11-22)28-27-29(33)23-15-19(2)6-12-24(23)38-30(27)31(34)32(28)17-20-7-13-25-26(16-20)37-18-36-25/h6-13,15-16,28H,3-5,14,17-18H2,1-2H3. The maximum atomic E-state index is 13.8. The Morgan fingerprint density at radius 1 is 0.947 bits per heavy atom. The molecule has 0 saturated heterocycles. The number of carbonyl (C=O) groups excluding carboxylic acids is 1. The van der Waals surface area contributed by atoms with Crippen molar-refractivity contribution >= 4 is 16.9 Å². The van der Waals surface area contributed by atoms with Crippen molar-refractivity contribution in [2.75, 3.05) is 13.4 Å². The van der Waals surface area contributed by atoms with Gasteiger partial charge in [-0.1, -0.05) is 49.6 Å². The number of nitrogens with zero attached hydrogens (tertiary/aromatic N) is 1. The van der Waals surface area contributed by atoms with Gasteiger partial charge in [0.05, 0.1) is 23.6 Å². The first-order valence-corrected chi connectivity index (χ1v) is 13.0. The summed E-state index contributed by atoms with van der Waals surface area (Å²) in [5, 5.41) is 0.474. The van der Waals surface area contributed by atoms with Gasteiger partial charge in [0.25, 0.3) is 5.91 Å². The fraction of sp³-hybridized carbons (Fsp3) is 0.290. The molecule has 0 fully saturated rings. The number of aryl methyl sites for hydroxylation is 1. The fourth-order valence-electron chi connectivity index (χ4n) is 5.17. The Kier molecular flexibility index (Phi) is 6.27. The van der Waals surface area contributed by atoms with Gasteiger partial charge in [-0.2, -0.15) is 0 Å². The number of rotatable bonds is 8. The Balaban J connectivity index is 1.41. The Hall–Kier alpha value is -4.26. The number of ether oxygens (including phenoxy) is 3. The van der Waals surface area contributed by atoms with Crippen LogP contribution >= 0.6 is 0 Å². The highest BCUT2D eigenvalue weighted by Gasteiger charge is 2.42.